The molecule has 0 bridgehead atoms. The van der Waals surface area contributed by atoms with Crippen LogP contribution in [0.25, 0.3) is 0 Å². The number of amides is 1. The molecule has 0 spiro atoms. The summed E-state index contributed by atoms with van der Waals surface area (Å²) >= 11 is 0. The fourth-order valence-corrected chi connectivity index (χ4v) is 5.24. The number of carbonyl (C=O) groups is 2. The SMILES string of the molecule is COC(=O)[C@H](CNC(=O)C[C@H]1C[C@H](c2ccc(C(=N)N)cc2)N(C)O1)NS(=O)(=O)c1cccc(C)c1. The summed E-state index contributed by atoms with van der Waals surface area (Å²) in [5.41, 5.74) is 7.83. The van der Waals surface area contributed by atoms with Gasteiger partial charge < -0.3 is 15.8 Å². The van der Waals surface area contributed by atoms with Gasteiger partial charge in [0.05, 0.1) is 30.6 Å². The molecule has 2 aromatic carbocycles. The maximum atomic E-state index is 12.7. The molecule has 1 saturated heterocycles. The maximum absolute atomic E-state index is 12.7. The third-order valence-corrected chi connectivity index (χ3v) is 7.32. The summed E-state index contributed by atoms with van der Waals surface area (Å²) in [5, 5.41) is 11.8. The van der Waals surface area contributed by atoms with E-state index >= 15 is 0 Å². The Labute approximate surface area is 210 Å². The molecule has 11 nitrogen and oxygen atoms in total. The Kier molecular flexibility index (Phi) is 8.79. The zero-order valence-corrected chi connectivity index (χ0v) is 21.2. The van der Waals surface area contributed by atoms with Gasteiger partial charge in [0.25, 0.3) is 0 Å². The number of amidine groups is 1. The molecule has 12 heteroatoms. The van der Waals surface area contributed by atoms with E-state index in [0.717, 1.165) is 18.2 Å². The molecule has 1 fully saturated rings. The Morgan fingerprint density at radius 3 is 2.56 bits per heavy atom. The second kappa shape index (κ2) is 11.6. The molecule has 194 valence electrons. The van der Waals surface area contributed by atoms with Crippen LogP contribution in [0.2, 0.25) is 0 Å². The second-order valence-electron chi connectivity index (χ2n) is 8.58. The predicted octanol–water partition coefficient (Wildman–Crippen LogP) is 0.982. The number of nitrogen functional groups attached to an aromatic ring is 1. The van der Waals surface area contributed by atoms with Crippen LogP contribution in [0.3, 0.4) is 0 Å². The van der Waals surface area contributed by atoms with Gasteiger partial charge in [0, 0.05) is 19.2 Å². The normalized spacial score (nSPS) is 19.0. The average Bonchev–Trinajstić information content (AvgIpc) is 3.20. The highest BCUT2D eigenvalue weighted by Crippen LogP contribution is 2.34. The molecule has 0 unspecified atom stereocenters. The predicted molar refractivity (Wildman–Crippen MR) is 132 cm³/mol. The lowest BCUT2D eigenvalue weighted by atomic mass is 9.99. The van der Waals surface area contributed by atoms with Crippen molar-refractivity contribution >= 4 is 27.7 Å². The van der Waals surface area contributed by atoms with Gasteiger partial charge in [0.1, 0.15) is 11.9 Å². The van der Waals surface area contributed by atoms with E-state index in [0.29, 0.717) is 12.0 Å². The molecule has 1 heterocycles. The smallest absolute Gasteiger partial charge is 0.325 e. The Bertz CT molecular complexity index is 1220. The fourth-order valence-electron chi connectivity index (χ4n) is 3.95. The fraction of sp³-hybridized carbons (Fsp3) is 0.375. The van der Waals surface area contributed by atoms with Gasteiger partial charge in [-0.05, 0) is 36.6 Å². The minimum Gasteiger partial charge on any atom is -0.468 e. The van der Waals surface area contributed by atoms with Gasteiger partial charge >= 0.3 is 5.97 Å². The number of benzene rings is 2. The molecule has 3 rings (SSSR count). The van der Waals surface area contributed by atoms with Gasteiger partial charge in [-0.15, -0.1) is 0 Å². The van der Waals surface area contributed by atoms with Crippen LogP contribution in [0, 0.1) is 12.3 Å². The van der Waals surface area contributed by atoms with Gasteiger partial charge in [-0.2, -0.15) is 9.79 Å². The number of hydrogen-bond donors (Lipinski definition) is 4. The molecule has 1 aliphatic rings. The van der Waals surface area contributed by atoms with Crippen molar-refractivity contribution in [1.82, 2.24) is 15.1 Å². The van der Waals surface area contributed by atoms with Crippen LogP contribution in [0.1, 0.15) is 35.6 Å². The average molecular weight is 518 g/mol. The van der Waals surface area contributed by atoms with Crippen molar-refractivity contribution in [3.05, 3.63) is 65.2 Å². The van der Waals surface area contributed by atoms with E-state index in [1.807, 2.05) is 12.1 Å². The van der Waals surface area contributed by atoms with E-state index in [-0.39, 0.29) is 29.7 Å². The summed E-state index contributed by atoms with van der Waals surface area (Å²) in [7, 11) is -1.10. The summed E-state index contributed by atoms with van der Waals surface area (Å²) < 4.78 is 32.5. The van der Waals surface area contributed by atoms with Crippen LogP contribution in [-0.2, 0) is 29.2 Å². The van der Waals surface area contributed by atoms with E-state index in [9.17, 15) is 18.0 Å². The van der Waals surface area contributed by atoms with E-state index in [4.69, 9.17) is 20.7 Å². The summed E-state index contributed by atoms with van der Waals surface area (Å²) in [4.78, 5) is 30.6. The summed E-state index contributed by atoms with van der Waals surface area (Å²) in [6, 6.07) is 12.1. The number of ether oxygens (including phenoxy) is 1. The zero-order chi connectivity index (χ0) is 26.5. The molecule has 0 aromatic heterocycles. The van der Waals surface area contributed by atoms with Crippen LogP contribution < -0.4 is 15.8 Å². The zero-order valence-electron chi connectivity index (χ0n) is 20.4. The number of aryl methyl sites for hydroxylation is 1. The molecular weight excluding hydrogens is 486 g/mol. The molecule has 3 atom stereocenters. The molecule has 0 radical (unpaired) electrons. The van der Waals surface area contributed by atoms with Crippen LogP contribution in [0.4, 0.5) is 0 Å². The first-order chi connectivity index (χ1) is 17.0. The quantitative estimate of drug-likeness (QED) is 0.206. The minimum atomic E-state index is -4.02. The lowest BCUT2D eigenvalue weighted by Gasteiger charge is -2.18. The maximum Gasteiger partial charge on any atom is 0.325 e. The third kappa shape index (κ3) is 6.88. The second-order valence-corrected chi connectivity index (χ2v) is 10.3. The van der Waals surface area contributed by atoms with Gasteiger partial charge in [-0.3, -0.25) is 19.8 Å². The number of sulfonamides is 1. The van der Waals surface area contributed by atoms with Crippen molar-refractivity contribution in [2.24, 2.45) is 5.73 Å². The standard InChI is InChI=1S/C24H31N5O6S/c1-15-5-4-6-19(11-15)36(32,33)28-20(24(31)34-3)14-27-22(30)13-18-12-21(29(2)35-18)16-7-9-17(10-8-16)23(25)26/h4-11,18,20-21,28H,12-14H2,1-3H3,(H3,25,26)(H,27,30)/t18-,20+,21-/m1/s1. The van der Waals surface area contributed by atoms with E-state index < -0.39 is 34.0 Å². The van der Waals surface area contributed by atoms with Crippen molar-refractivity contribution in [3.63, 3.8) is 0 Å². The molecule has 0 aliphatic carbocycles. The first kappa shape index (κ1) is 27.3. The Morgan fingerprint density at radius 2 is 1.94 bits per heavy atom. The lowest BCUT2D eigenvalue weighted by molar-refractivity contribution is -0.152. The molecular formula is C24H31N5O6S. The Hall–Kier alpha value is -3.32. The number of hydroxylamine groups is 2. The minimum absolute atomic E-state index is 0.00694. The Balaban J connectivity index is 1.58. The topological polar surface area (TPSA) is 164 Å². The Morgan fingerprint density at radius 1 is 1.25 bits per heavy atom. The van der Waals surface area contributed by atoms with Crippen molar-refractivity contribution in [3.8, 4) is 0 Å². The van der Waals surface area contributed by atoms with Crippen molar-refractivity contribution in [2.75, 3.05) is 20.7 Å². The molecule has 36 heavy (non-hydrogen) atoms. The third-order valence-electron chi connectivity index (χ3n) is 5.85. The summed E-state index contributed by atoms with van der Waals surface area (Å²) in [6.07, 6.45) is 0.155. The first-order valence-corrected chi connectivity index (χ1v) is 12.8. The highest BCUT2D eigenvalue weighted by Gasteiger charge is 2.34. The first-order valence-electron chi connectivity index (χ1n) is 11.3. The number of hydrogen-bond acceptors (Lipinski definition) is 8. The van der Waals surface area contributed by atoms with Crippen LogP contribution >= 0.6 is 0 Å². The number of nitrogens with two attached hydrogens (primary N) is 1. The number of esters is 1. The number of rotatable bonds is 10. The van der Waals surface area contributed by atoms with E-state index in [2.05, 4.69) is 10.0 Å². The highest BCUT2D eigenvalue weighted by molar-refractivity contribution is 7.89. The highest BCUT2D eigenvalue weighted by atomic mass is 32.2. The number of nitrogens with zero attached hydrogens (tertiary/aromatic N) is 1. The molecule has 1 aliphatic heterocycles. The molecule has 0 saturated carbocycles. The number of carbonyl (C=O) groups excluding carboxylic acids is 2. The van der Waals surface area contributed by atoms with E-state index in [1.54, 1.807) is 43.3 Å². The van der Waals surface area contributed by atoms with Crippen molar-refractivity contribution < 1.29 is 27.6 Å². The summed E-state index contributed by atoms with van der Waals surface area (Å²) in [5.74, 6) is -1.24. The largest absolute Gasteiger partial charge is 0.468 e. The van der Waals surface area contributed by atoms with Crippen molar-refractivity contribution in [1.29, 1.82) is 5.41 Å². The number of methoxy groups -OCH3 is 1. The van der Waals surface area contributed by atoms with Crippen molar-refractivity contribution in [2.45, 2.75) is 42.8 Å². The molecule has 1 amide bonds. The van der Waals surface area contributed by atoms with Gasteiger partial charge in [-0.1, -0.05) is 36.4 Å². The molecule has 2 aromatic rings. The van der Waals surface area contributed by atoms with Crippen LogP contribution in [0.15, 0.2) is 53.4 Å². The van der Waals surface area contributed by atoms with Gasteiger partial charge in [-0.25, -0.2) is 8.42 Å². The van der Waals surface area contributed by atoms with Crippen LogP contribution in [0.5, 0.6) is 0 Å². The number of nitrogens with one attached hydrogen (secondary N) is 3. The lowest BCUT2D eigenvalue weighted by Crippen LogP contribution is -2.49. The van der Waals surface area contributed by atoms with E-state index in [1.165, 1.54) is 12.1 Å². The van der Waals surface area contributed by atoms with Crippen LogP contribution in [-0.4, -0.2) is 64.0 Å². The summed E-state index contributed by atoms with van der Waals surface area (Å²) in [6.45, 7) is 1.47. The van der Waals surface area contributed by atoms with Gasteiger partial charge in [0.15, 0.2) is 0 Å². The van der Waals surface area contributed by atoms with Gasteiger partial charge in [0.2, 0.25) is 15.9 Å². The molecule has 5 N–H and O–H groups in total. The monoisotopic (exact) mass is 517 g/mol.